The maximum atomic E-state index is 14.5. The summed E-state index contributed by atoms with van der Waals surface area (Å²) in [7, 11) is -5.14. The number of nitrogens with zero attached hydrogens (tertiary/aromatic N) is 3. The minimum Gasteiger partial charge on any atom is -0.486 e. The number of hydrogen-bond donors (Lipinski definition) is 0. The molecule has 3 aromatic rings. The Balaban J connectivity index is 1.79. The van der Waals surface area contributed by atoms with E-state index in [-0.39, 0.29) is 22.7 Å². The second kappa shape index (κ2) is 7.50. The first-order valence-corrected chi connectivity index (χ1v) is 9.21. The van der Waals surface area contributed by atoms with E-state index in [2.05, 4.69) is 14.3 Å². The largest absolute Gasteiger partial charge is 0.488 e. The van der Waals surface area contributed by atoms with E-state index in [4.69, 9.17) is 4.74 Å². The molecule has 0 saturated heterocycles. The van der Waals surface area contributed by atoms with Crippen molar-refractivity contribution in [3.05, 3.63) is 65.7 Å². The van der Waals surface area contributed by atoms with Crippen LogP contribution in [0.25, 0.3) is 5.69 Å². The van der Waals surface area contributed by atoms with Crippen LogP contribution in [0.3, 0.4) is 0 Å². The van der Waals surface area contributed by atoms with E-state index in [0.29, 0.717) is 5.82 Å². The van der Waals surface area contributed by atoms with E-state index in [9.17, 15) is 21.1 Å². The van der Waals surface area contributed by atoms with E-state index in [1.54, 1.807) is 6.92 Å². The predicted octanol–water partition coefficient (Wildman–Crippen LogP) is 3.59. The van der Waals surface area contributed by atoms with Crippen molar-refractivity contribution < 1.29 is 30.0 Å². The van der Waals surface area contributed by atoms with Crippen LogP contribution in [0.5, 0.6) is 11.5 Å². The van der Waals surface area contributed by atoms with Gasteiger partial charge in [0.25, 0.3) is 0 Å². The summed E-state index contributed by atoms with van der Waals surface area (Å²) < 4.78 is 73.1. The fourth-order valence-corrected chi connectivity index (χ4v) is 2.85. The quantitative estimate of drug-likeness (QED) is 0.575. The highest BCUT2D eigenvalue weighted by atomic mass is 32.3. The molecule has 1 aromatic heterocycles. The number of hydrogen-bond acceptors (Lipinski definition) is 6. The third kappa shape index (κ3) is 4.60. The normalized spacial score (nSPS) is 12.6. The molecule has 0 aliphatic carbocycles. The summed E-state index contributed by atoms with van der Waals surface area (Å²) in [5.41, 5.74) is -0.132. The van der Waals surface area contributed by atoms with Crippen LogP contribution in [0, 0.1) is 18.6 Å². The number of rotatable bonds is 6. The zero-order chi connectivity index (χ0) is 20.5. The number of halogens is 3. The van der Waals surface area contributed by atoms with Crippen LogP contribution in [0.4, 0.5) is 12.7 Å². The zero-order valence-electron chi connectivity index (χ0n) is 14.6. The minimum atomic E-state index is -5.14. The molecule has 1 atom stereocenters. The van der Waals surface area contributed by atoms with Crippen molar-refractivity contribution >= 4 is 10.5 Å². The maximum absolute atomic E-state index is 14.5. The van der Waals surface area contributed by atoms with Gasteiger partial charge in [0.2, 0.25) is 0 Å². The number of aryl methyl sites for hydroxylation is 1. The molecule has 1 unspecified atom stereocenters. The lowest BCUT2D eigenvalue weighted by molar-refractivity contribution is 0.215. The predicted molar refractivity (Wildman–Crippen MR) is 92.2 cm³/mol. The van der Waals surface area contributed by atoms with Crippen molar-refractivity contribution in [1.29, 1.82) is 0 Å². The van der Waals surface area contributed by atoms with Crippen molar-refractivity contribution in [2.75, 3.05) is 0 Å². The van der Waals surface area contributed by atoms with Crippen LogP contribution in [-0.4, -0.2) is 23.2 Å². The van der Waals surface area contributed by atoms with Crippen LogP contribution in [-0.2, 0) is 10.5 Å². The van der Waals surface area contributed by atoms with Gasteiger partial charge in [-0.3, -0.25) is 0 Å². The molecule has 0 amide bonds. The van der Waals surface area contributed by atoms with Crippen LogP contribution in [0.15, 0.2) is 42.7 Å². The van der Waals surface area contributed by atoms with Gasteiger partial charge in [0.15, 0.2) is 0 Å². The van der Waals surface area contributed by atoms with Crippen LogP contribution in [0.2, 0.25) is 0 Å². The molecule has 2 aromatic carbocycles. The lowest BCUT2D eigenvalue weighted by Gasteiger charge is -2.17. The Morgan fingerprint density at radius 1 is 1.07 bits per heavy atom. The van der Waals surface area contributed by atoms with Crippen molar-refractivity contribution in [3.63, 3.8) is 0 Å². The summed E-state index contributed by atoms with van der Waals surface area (Å²) in [5.74, 6) is -1.31. The lowest BCUT2D eigenvalue weighted by atomic mass is 10.1. The standard InChI is InChI=1S/C17H14F3N3O4S/c1-10(26-13-3-5-14(6-4-13)27-28(20,24)25)17-15(18)7-12(8-16(17)19)23-9-21-11(2)22-23/h3-10H,1-2H3. The summed E-state index contributed by atoms with van der Waals surface area (Å²) in [4.78, 5) is 3.91. The van der Waals surface area contributed by atoms with Crippen molar-refractivity contribution in [2.45, 2.75) is 20.0 Å². The molecule has 28 heavy (non-hydrogen) atoms. The van der Waals surface area contributed by atoms with Gasteiger partial charge in [0.1, 0.15) is 41.4 Å². The average molecular weight is 413 g/mol. The molecule has 0 aliphatic rings. The third-order valence-electron chi connectivity index (χ3n) is 3.67. The molecule has 148 valence electrons. The minimum absolute atomic E-state index is 0.167. The number of benzene rings is 2. The van der Waals surface area contributed by atoms with E-state index in [1.165, 1.54) is 30.1 Å². The van der Waals surface area contributed by atoms with Crippen molar-refractivity contribution in [1.82, 2.24) is 14.8 Å². The molecule has 11 heteroatoms. The summed E-state index contributed by atoms with van der Waals surface area (Å²) in [5, 5.41) is 4.00. The molecular weight excluding hydrogens is 399 g/mol. The molecular formula is C17H14F3N3O4S. The summed E-state index contributed by atoms with van der Waals surface area (Å²) in [6, 6.07) is 7.05. The van der Waals surface area contributed by atoms with Gasteiger partial charge in [-0.2, -0.15) is 13.5 Å². The molecule has 0 N–H and O–H groups in total. The number of ether oxygens (including phenoxy) is 1. The topological polar surface area (TPSA) is 83.3 Å². The summed E-state index contributed by atoms with van der Waals surface area (Å²) >= 11 is 0. The first-order valence-electron chi connectivity index (χ1n) is 7.91. The Morgan fingerprint density at radius 2 is 1.64 bits per heavy atom. The molecule has 1 heterocycles. The molecule has 0 radical (unpaired) electrons. The first kappa shape index (κ1) is 19.7. The lowest BCUT2D eigenvalue weighted by Crippen LogP contribution is -2.10. The molecule has 0 bridgehead atoms. The smallest absolute Gasteiger partial charge is 0.486 e. The first-order chi connectivity index (χ1) is 13.1. The van der Waals surface area contributed by atoms with Gasteiger partial charge in [0, 0.05) is 12.1 Å². The van der Waals surface area contributed by atoms with Gasteiger partial charge in [-0.05, 0) is 38.1 Å². The van der Waals surface area contributed by atoms with Gasteiger partial charge < -0.3 is 8.92 Å². The molecule has 0 spiro atoms. The Labute approximate surface area is 158 Å². The monoisotopic (exact) mass is 413 g/mol. The fourth-order valence-electron chi connectivity index (χ4n) is 2.51. The average Bonchev–Trinajstić information content (AvgIpc) is 3.01. The Kier molecular flexibility index (Phi) is 5.27. The van der Waals surface area contributed by atoms with Crippen LogP contribution >= 0.6 is 0 Å². The van der Waals surface area contributed by atoms with Crippen molar-refractivity contribution in [2.24, 2.45) is 0 Å². The van der Waals surface area contributed by atoms with Crippen LogP contribution in [0.1, 0.15) is 24.4 Å². The maximum Gasteiger partial charge on any atom is 0.488 e. The molecule has 0 fully saturated rings. The highest BCUT2D eigenvalue weighted by Gasteiger charge is 2.20. The van der Waals surface area contributed by atoms with E-state index in [1.807, 2.05) is 0 Å². The fraction of sp³-hybridized carbons (Fsp3) is 0.176. The van der Waals surface area contributed by atoms with Gasteiger partial charge in [0.05, 0.1) is 11.3 Å². The Bertz CT molecular complexity index is 1080. The second-order valence-electron chi connectivity index (χ2n) is 5.77. The van der Waals surface area contributed by atoms with Crippen molar-refractivity contribution in [3.8, 4) is 17.2 Å². The molecule has 0 saturated carbocycles. The summed E-state index contributed by atoms with van der Waals surface area (Å²) in [6.45, 7) is 3.09. The van der Waals surface area contributed by atoms with E-state index in [0.717, 1.165) is 24.3 Å². The second-order valence-corrected chi connectivity index (χ2v) is 6.72. The highest BCUT2D eigenvalue weighted by molar-refractivity contribution is 7.81. The van der Waals surface area contributed by atoms with Gasteiger partial charge >= 0.3 is 10.5 Å². The number of aromatic nitrogens is 3. The Hall–Kier alpha value is -3.08. The van der Waals surface area contributed by atoms with Crippen LogP contribution < -0.4 is 8.92 Å². The summed E-state index contributed by atoms with van der Waals surface area (Å²) in [6.07, 6.45) is 0.327. The zero-order valence-corrected chi connectivity index (χ0v) is 15.5. The SMILES string of the molecule is Cc1ncn(-c2cc(F)c(C(C)Oc3ccc(OS(=O)(=O)F)cc3)c(F)c2)n1. The molecule has 0 aliphatic heterocycles. The Morgan fingerprint density at radius 3 is 2.14 bits per heavy atom. The van der Waals surface area contributed by atoms with Gasteiger partial charge in [-0.25, -0.2) is 18.4 Å². The van der Waals surface area contributed by atoms with Gasteiger partial charge in [-0.1, -0.05) is 3.89 Å². The van der Waals surface area contributed by atoms with E-state index < -0.39 is 28.2 Å². The molecule has 7 nitrogen and oxygen atoms in total. The van der Waals surface area contributed by atoms with Gasteiger partial charge in [-0.15, -0.1) is 0 Å². The molecule has 3 rings (SSSR count). The van der Waals surface area contributed by atoms with E-state index >= 15 is 0 Å². The third-order valence-corrected chi connectivity index (χ3v) is 4.07. The highest BCUT2D eigenvalue weighted by Crippen LogP contribution is 2.29.